The molecule has 6 nitrogen and oxygen atoms in total. The summed E-state index contributed by atoms with van der Waals surface area (Å²) >= 11 is 0. The average molecular weight is 260 g/mol. The maximum atomic E-state index is 5.62. The van der Waals surface area contributed by atoms with Crippen LogP contribution in [0.5, 0.6) is 0 Å². The molecular weight excluding hydrogens is 240 g/mol. The lowest BCUT2D eigenvalue weighted by Crippen LogP contribution is -2.31. The molecule has 2 aromatic rings. The number of aryl methyl sites for hydroxylation is 1. The Kier molecular flexibility index (Phi) is 3.33. The van der Waals surface area contributed by atoms with Gasteiger partial charge in [-0.2, -0.15) is 0 Å². The summed E-state index contributed by atoms with van der Waals surface area (Å²) < 4.78 is 2.00. The molecule has 3 heterocycles. The second kappa shape index (κ2) is 5.13. The fraction of sp³-hybridized carbons (Fsp3) is 0.615. The molecule has 1 fully saturated rings. The van der Waals surface area contributed by atoms with Gasteiger partial charge in [-0.3, -0.25) is 4.40 Å². The lowest BCUT2D eigenvalue weighted by atomic mass is 10.1. The summed E-state index contributed by atoms with van der Waals surface area (Å²) in [5.74, 6) is 1.86. The molecule has 1 unspecified atom stereocenters. The van der Waals surface area contributed by atoms with Gasteiger partial charge in [-0.05, 0) is 39.2 Å². The van der Waals surface area contributed by atoms with Crippen LogP contribution in [0, 0.1) is 6.92 Å². The first-order valence-corrected chi connectivity index (χ1v) is 6.94. The van der Waals surface area contributed by atoms with Crippen molar-refractivity contribution in [3.05, 3.63) is 18.2 Å². The summed E-state index contributed by atoms with van der Waals surface area (Å²) in [6.07, 6.45) is 8.37. The summed E-state index contributed by atoms with van der Waals surface area (Å²) in [4.78, 5) is 6.91. The van der Waals surface area contributed by atoms with Crippen molar-refractivity contribution in [3.63, 3.8) is 0 Å². The van der Waals surface area contributed by atoms with Gasteiger partial charge in [-0.25, -0.2) is 4.98 Å². The summed E-state index contributed by atoms with van der Waals surface area (Å²) in [7, 11) is 0. The van der Waals surface area contributed by atoms with E-state index in [9.17, 15) is 0 Å². The van der Waals surface area contributed by atoms with Crippen LogP contribution in [-0.2, 0) is 0 Å². The van der Waals surface area contributed by atoms with Crippen LogP contribution in [0.25, 0.3) is 5.65 Å². The maximum Gasteiger partial charge on any atom is 0.203 e. The van der Waals surface area contributed by atoms with Crippen LogP contribution in [0.15, 0.2) is 12.4 Å². The zero-order chi connectivity index (χ0) is 13.2. The molecule has 2 aromatic heterocycles. The van der Waals surface area contributed by atoms with E-state index in [1.54, 1.807) is 0 Å². The Morgan fingerprint density at radius 1 is 1.42 bits per heavy atom. The van der Waals surface area contributed by atoms with E-state index in [0.717, 1.165) is 43.2 Å². The topological polar surface area (TPSA) is 72.3 Å². The van der Waals surface area contributed by atoms with Crippen LogP contribution in [0.4, 0.5) is 5.82 Å². The summed E-state index contributed by atoms with van der Waals surface area (Å²) in [5.41, 5.74) is 6.48. The normalized spacial score (nSPS) is 19.5. The van der Waals surface area contributed by atoms with Gasteiger partial charge in [-0.1, -0.05) is 0 Å². The van der Waals surface area contributed by atoms with Crippen molar-refractivity contribution >= 4 is 11.5 Å². The van der Waals surface area contributed by atoms with E-state index in [-0.39, 0.29) is 0 Å². The minimum absolute atomic E-state index is 0.541. The van der Waals surface area contributed by atoms with Crippen molar-refractivity contribution in [1.29, 1.82) is 0 Å². The molecule has 0 amide bonds. The van der Waals surface area contributed by atoms with E-state index in [4.69, 9.17) is 5.73 Å². The Morgan fingerprint density at radius 2 is 2.32 bits per heavy atom. The fourth-order valence-electron chi connectivity index (χ4n) is 2.90. The van der Waals surface area contributed by atoms with Gasteiger partial charge < -0.3 is 10.6 Å². The average Bonchev–Trinajstić information content (AvgIpc) is 3.03. The molecule has 0 spiro atoms. The number of nitrogens with zero attached hydrogens (tertiary/aromatic N) is 5. The van der Waals surface area contributed by atoms with Crippen LogP contribution in [0.1, 0.15) is 31.5 Å². The number of nitrogens with two attached hydrogens (primary N) is 1. The SMILES string of the molecule is Cc1nnc2c(N3CCCC3CCCN)nccn12. The van der Waals surface area contributed by atoms with Crippen LogP contribution >= 0.6 is 0 Å². The standard InChI is InChI=1S/C13H20N6/c1-10-16-17-13-12(15-7-9-18(10)13)19-8-3-5-11(19)4-2-6-14/h7,9,11H,2-6,8,14H2,1H3. The summed E-state index contributed by atoms with van der Waals surface area (Å²) in [5, 5.41) is 8.40. The molecule has 2 N–H and O–H groups in total. The first-order chi connectivity index (χ1) is 9.31. The molecule has 19 heavy (non-hydrogen) atoms. The highest BCUT2D eigenvalue weighted by Gasteiger charge is 2.27. The van der Waals surface area contributed by atoms with Gasteiger partial charge in [0, 0.05) is 25.0 Å². The molecule has 6 heteroatoms. The van der Waals surface area contributed by atoms with Crippen molar-refractivity contribution in [2.24, 2.45) is 5.73 Å². The second-order valence-electron chi connectivity index (χ2n) is 5.11. The molecule has 0 aromatic carbocycles. The van der Waals surface area contributed by atoms with E-state index >= 15 is 0 Å². The van der Waals surface area contributed by atoms with Crippen molar-refractivity contribution in [1.82, 2.24) is 19.6 Å². The molecule has 3 rings (SSSR count). The molecular formula is C13H20N6. The largest absolute Gasteiger partial charge is 0.350 e. The van der Waals surface area contributed by atoms with Crippen molar-refractivity contribution in [2.45, 2.75) is 38.6 Å². The highest BCUT2D eigenvalue weighted by Crippen LogP contribution is 2.28. The molecule has 1 atom stereocenters. The zero-order valence-corrected chi connectivity index (χ0v) is 11.3. The Bertz CT molecular complexity index is 563. The number of anilines is 1. The van der Waals surface area contributed by atoms with Gasteiger partial charge in [0.05, 0.1) is 0 Å². The molecule has 0 bridgehead atoms. The molecule has 1 aliphatic heterocycles. The van der Waals surface area contributed by atoms with Crippen molar-refractivity contribution < 1.29 is 0 Å². The lowest BCUT2D eigenvalue weighted by molar-refractivity contribution is 0.582. The number of fused-ring (bicyclic) bond motifs is 1. The first-order valence-electron chi connectivity index (χ1n) is 6.94. The molecule has 1 aliphatic rings. The highest BCUT2D eigenvalue weighted by atomic mass is 15.3. The number of hydrogen-bond donors (Lipinski definition) is 1. The van der Waals surface area contributed by atoms with Gasteiger partial charge in [0.25, 0.3) is 0 Å². The number of hydrogen-bond acceptors (Lipinski definition) is 5. The van der Waals surface area contributed by atoms with Gasteiger partial charge in [0.2, 0.25) is 5.65 Å². The maximum absolute atomic E-state index is 5.62. The Labute approximate surface area is 112 Å². The third-order valence-corrected chi connectivity index (χ3v) is 3.87. The van der Waals surface area contributed by atoms with Crippen molar-refractivity contribution in [2.75, 3.05) is 18.0 Å². The van der Waals surface area contributed by atoms with Crippen molar-refractivity contribution in [3.8, 4) is 0 Å². The third kappa shape index (κ3) is 2.16. The minimum atomic E-state index is 0.541. The van der Waals surface area contributed by atoms with E-state index in [1.807, 2.05) is 23.7 Å². The molecule has 0 saturated carbocycles. The van der Waals surface area contributed by atoms with Crippen LogP contribution in [0.3, 0.4) is 0 Å². The molecule has 102 valence electrons. The monoisotopic (exact) mass is 260 g/mol. The van der Waals surface area contributed by atoms with Gasteiger partial charge in [0.15, 0.2) is 5.82 Å². The smallest absolute Gasteiger partial charge is 0.203 e. The van der Waals surface area contributed by atoms with Gasteiger partial charge in [-0.15, -0.1) is 10.2 Å². The van der Waals surface area contributed by atoms with E-state index in [0.29, 0.717) is 6.04 Å². The molecule has 0 radical (unpaired) electrons. The predicted molar refractivity (Wildman–Crippen MR) is 74.2 cm³/mol. The van der Waals surface area contributed by atoms with Crippen LogP contribution < -0.4 is 10.6 Å². The van der Waals surface area contributed by atoms with Crippen LogP contribution in [0.2, 0.25) is 0 Å². The summed E-state index contributed by atoms with van der Waals surface area (Å²) in [6.45, 7) is 3.76. The van der Waals surface area contributed by atoms with Gasteiger partial charge in [0.1, 0.15) is 5.82 Å². The van der Waals surface area contributed by atoms with Crippen LogP contribution in [-0.4, -0.2) is 38.7 Å². The van der Waals surface area contributed by atoms with E-state index < -0.39 is 0 Å². The third-order valence-electron chi connectivity index (χ3n) is 3.87. The zero-order valence-electron chi connectivity index (χ0n) is 11.3. The summed E-state index contributed by atoms with van der Waals surface area (Å²) in [6, 6.07) is 0.541. The lowest BCUT2D eigenvalue weighted by Gasteiger charge is -2.25. The number of aromatic nitrogens is 4. The Hall–Kier alpha value is -1.69. The Morgan fingerprint density at radius 3 is 3.16 bits per heavy atom. The quantitative estimate of drug-likeness (QED) is 0.892. The second-order valence-corrected chi connectivity index (χ2v) is 5.11. The highest BCUT2D eigenvalue weighted by molar-refractivity contribution is 5.64. The first kappa shape index (κ1) is 12.3. The molecule has 0 aliphatic carbocycles. The molecule has 1 saturated heterocycles. The predicted octanol–water partition coefficient (Wildman–Crippen LogP) is 1.14. The number of rotatable bonds is 4. The Balaban J connectivity index is 1.94. The fourth-order valence-corrected chi connectivity index (χ4v) is 2.90. The van der Waals surface area contributed by atoms with E-state index in [2.05, 4.69) is 20.1 Å². The van der Waals surface area contributed by atoms with E-state index in [1.165, 1.54) is 12.8 Å². The minimum Gasteiger partial charge on any atom is -0.350 e. The van der Waals surface area contributed by atoms with Gasteiger partial charge >= 0.3 is 0 Å².